The quantitative estimate of drug-likeness (QED) is 0.265. The summed E-state index contributed by atoms with van der Waals surface area (Å²) in [7, 11) is 0. The van der Waals surface area contributed by atoms with Crippen molar-refractivity contribution < 1.29 is 43.5 Å². The van der Waals surface area contributed by atoms with Crippen molar-refractivity contribution in [2.45, 2.75) is 77.1 Å². The number of aliphatic hydroxyl groups is 2. The van der Waals surface area contributed by atoms with Crippen LogP contribution >= 0.6 is 0 Å². The molecule has 1 aliphatic heterocycles. The average molecular weight is 479 g/mol. The molecule has 0 aromatic heterocycles. The molecule has 2 rings (SSSR count). The molecule has 1 heterocycles. The van der Waals surface area contributed by atoms with Gasteiger partial charge in [-0.3, -0.25) is 9.59 Å². The van der Waals surface area contributed by atoms with Gasteiger partial charge in [-0.25, -0.2) is 4.79 Å². The minimum absolute atomic E-state index is 0.0736. The van der Waals surface area contributed by atoms with E-state index in [1.54, 1.807) is 6.07 Å². The number of carbonyl (C=O) groups excluding carboxylic acids is 3. The van der Waals surface area contributed by atoms with Crippen LogP contribution in [0.2, 0.25) is 0 Å². The van der Waals surface area contributed by atoms with Gasteiger partial charge in [0.2, 0.25) is 0 Å². The Labute approximate surface area is 199 Å². The van der Waals surface area contributed by atoms with Crippen molar-refractivity contribution in [3.05, 3.63) is 29.8 Å². The SMILES string of the molecule is CCCCC(=O)Oc1ccc(/C=C/C(=O)OC2CC(O)CO[C@H]2CO)cc1OC(=O)CCCC. The molecule has 3 atom stereocenters. The first-order chi connectivity index (χ1) is 16.4. The van der Waals surface area contributed by atoms with Crippen LogP contribution in [-0.2, 0) is 23.9 Å². The second-order valence-corrected chi connectivity index (χ2v) is 8.11. The third-order valence-corrected chi connectivity index (χ3v) is 5.17. The Kier molecular flexibility index (Phi) is 11.7. The first-order valence-electron chi connectivity index (χ1n) is 11.7. The van der Waals surface area contributed by atoms with E-state index in [0.29, 0.717) is 18.4 Å². The largest absolute Gasteiger partial charge is 0.456 e. The molecule has 0 aliphatic carbocycles. The van der Waals surface area contributed by atoms with Gasteiger partial charge in [-0.05, 0) is 36.6 Å². The second-order valence-electron chi connectivity index (χ2n) is 8.11. The van der Waals surface area contributed by atoms with E-state index in [2.05, 4.69) is 0 Å². The number of esters is 3. The summed E-state index contributed by atoms with van der Waals surface area (Å²) in [6, 6.07) is 4.62. The average Bonchev–Trinajstić information content (AvgIpc) is 2.81. The van der Waals surface area contributed by atoms with E-state index in [9.17, 15) is 24.6 Å². The Morgan fingerprint density at radius 3 is 2.32 bits per heavy atom. The summed E-state index contributed by atoms with van der Waals surface area (Å²) in [6.07, 6.45) is 4.08. The van der Waals surface area contributed by atoms with E-state index < -0.39 is 36.2 Å². The third kappa shape index (κ3) is 9.24. The van der Waals surface area contributed by atoms with Crippen LogP contribution in [0.15, 0.2) is 24.3 Å². The molecular weight excluding hydrogens is 444 g/mol. The lowest BCUT2D eigenvalue weighted by Gasteiger charge is -2.32. The van der Waals surface area contributed by atoms with Gasteiger partial charge in [0.15, 0.2) is 11.5 Å². The molecular formula is C25H34O9. The van der Waals surface area contributed by atoms with Crippen molar-refractivity contribution >= 4 is 24.0 Å². The van der Waals surface area contributed by atoms with E-state index >= 15 is 0 Å². The predicted molar refractivity (Wildman–Crippen MR) is 123 cm³/mol. The summed E-state index contributed by atoms with van der Waals surface area (Å²) in [4.78, 5) is 36.5. The lowest BCUT2D eigenvalue weighted by atomic mass is 10.0. The lowest BCUT2D eigenvalue weighted by molar-refractivity contribution is -0.173. The van der Waals surface area contributed by atoms with Gasteiger partial charge in [0, 0.05) is 25.3 Å². The number of hydrogen-bond acceptors (Lipinski definition) is 9. The van der Waals surface area contributed by atoms with Crippen molar-refractivity contribution in [2.75, 3.05) is 13.2 Å². The molecule has 0 bridgehead atoms. The molecule has 1 fully saturated rings. The fraction of sp³-hybridized carbons (Fsp3) is 0.560. The van der Waals surface area contributed by atoms with Crippen molar-refractivity contribution in [1.82, 2.24) is 0 Å². The first-order valence-corrected chi connectivity index (χ1v) is 11.7. The van der Waals surface area contributed by atoms with Crippen LogP contribution in [0.3, 0.4) is 0 Å². The van der Waals surface area contributed by atoms with Crippen molar-refractivity contribution in [3.63, 3.8) is 0 Å². The van der Waals surface area contributed by atoms with E-state index in [-0.39, 0.29) is 44.0 Å². The number of rotatable bonds is 12. The highest BCUT2D eigenvalue weighted by molar-refractivity contribution is 5.87. The summed E-state index contributed by atoms with van der Waals surface area (Å²) >= 11 is 0. The van der Waals surface area contributed by atoms with E-state index in [4.69, 9.17) is 18.9 Å². The summed E-state index contributed by atoms with van der Waals surface area (Å²) in [6.45, 7) is 3.67. The van der Waals surface area contributed by atoms with Gasteiger partial charge in [-0.2, -0.15) is 0 Å². The van der Waals surface area contributed by atoms with E-state index in [1.165, 1.54) is 24.3 Å². The molecule has 9 heteroatoms. The maximum Gasteiger partial charge on any atom is 0.331 e. The Balaban J connectivity index is 2.11. The number of unbranched alkanes of at least 4 members (excludes halogenated alkanes) is 2. The van der Waals surface area contributed by atoms with Gasteiger partial charge >= 0.3 is 17.9 Å². The van der Waals surface area contributed by atoms with E-state index in [1.807, 2.05) is 13.8 Å². The molecule has 1 saturated heterocycles. The molecule has 0 spiro atoms. The van der Waals surface area contributed by atoms with Gasteiger partial charge < -0.3 is 29.2 Å². The third-order valence-electron chi connectivity index (χ3n) is 5.17. The maximum absolute atomic E-state index is 12.3. The summed E-state index contributed by atoms with van der Waals surface area (Å²) in [5.41, 5.74) is 0.516. The second kappa shape index (κ2) is 14.5. The lowest BCUT2D eigenvalue weighted by Crippen LogP contribution is -2.45. The van der Waals surface area contributed by atoms with Gasteiger partial charge in [-0.1, -0.05) is 32.8 Å². The molecule has 1 aliphatic rings. The van der Waals surface area contributed by atoms with Crippen LogP contribution in [0.5, 0.6) is 11.5 Å². The van der Waals surface area contributed by atoms with Crippen molar-refractivity contribution in [3.8, 4) is 11.5 Å². The predicted octanol–water partition coefficient (Wildman–Crippen LogP) is 2.94. The molecule has 0 radical (unpaired) electrons. The molecule has 9 nitrogen and oxygen atoms in total. The molecule has 1 aromatic rings. The topological polar surface area (TPSA) is 129 Å². The Morgan fingerprint density at radius 2 is 1.71 bits per heavy atom. The van der Waals surface area contributed by atoms with Crippen LogP contribution in [0.1, 0.15) is 64.4 Å². The van der Waals surface area contributed by atoms with Crippen molar-refractivity contribution in [1.29, 1.82) is 0 Å². The molecule has 2 N–H and O–H groups in total. The van der Waals surface area contributed by atoms with Gasteiger partial charge in [0.25, 0.3) is 0 Å². The zero-order valence-corrected chi connectivity index (χ0v) is 19.7. The molecule has 188 valence electrons. The van der Waals surface area contributed by atoms with Gasteiger partial charge in [0.1, 0.15) is 12.2 Å². The number of hydrogen-bond donors (Lipinski definition) is 2. The van der Waals surface area contributed by atoms with Crippen LogP contribution in [0.4, 0.5) is 0 Å². The number of benzene rings is 1. The minimum atomic E-state index is -0.776. The van der Waals surface area contributed by atoms with Gasteiger partial charge in [-0.15, -0.1) is 0 Å². The summed E-state index contributed by atoms with van der Waals surface area (Å²) in [5, 5.41) is 19.1. The standard InChI is InChI=1S/C25H34O9/c1-3-5-7-23(28)32-19-11-9-17(13-20(19)33-24(29)8-6-4-2)10-12-25(30)34-21-14-18(27)16-31-22(21)15-26/h9-13,18,21-22,26-27H,3-8,14-16H2,1-2H3/b12-10+/t18?,21?,22-/m0/s1. The monoisotopic (exact) mass is 478 g/mol. The van der Waals surface area contributed by atoms with Crippen LogP contribution in [0, 0.1) is 0 Å². The maximum atomic E-state index is 12.3. The van der Waals surface area contributed by atoms with Crippen molar-refractivity contribution in [2.24, 2.45) is 0 Å². The van der Waals surface area contributed by atoms with Crippen LogP contribution in [-0.4, -0.2) is 59.6 Å². The smallest absolute Gasteiger partial charge is 0.331 e. The van der Waals surface area contributed by atoms with E-state index in [0.717, 1.165) is 12.8 Å². The molecule has 34 heavy (non-hydrogen) atoms. The Hall–Kier alpha value is -2.75. The molecule has 2 unspecified atom stereocenters. The number of carbonyl (C=O) groups is 3. The van der Waals surface area contributed by atoms with Crippen LogP contribution < -0.4 is 9.47 Å². The summed E-state index contributed by atoms with van der Waals surface area (Å²) in [5.74, 6) is -1.33. The number of aliphatic hydroxyl groups excluding tert-OH is 2. The fourth-order valence-electron chi connectivity index (χ4n) is 3.26. The zero-order chi connectivity index (χ0) is 24.9. The number of ether oxygens (including phenoxy) is 4. The first kappa shape index (κ1) is 27.5. The van der Waals surface area contributed by atoms with Crippen LogP contribution in [0.25, 0.3) is 6.08 Å². The zero-order valence-electron chi connectivity index (χ0n) is 19.7. The minimum Gasteiger partial charge on any atom is -0.456 e. The Bertz CT molecular complexity index is 849. The normalized spacial score (nSPS) is 20.2. The Morgan fingerprint density at radius 1 is 1.06 bits per heavy atom. The highest BCUT2D eigenvalue weighted by atomic mass is 16.6. The molecule has 1 aromatic carbocycles. The fourth-order valence-corrected chi connectivity index (χ4v) is 3.26. The highest BCUT2D eigenvalue weighted by Crippen LogP contribution is 2.30. The van der Waals surface area contributed by atoms with Gasteiger partial charge in [0.05, 0.1) is 19.3 Å². The summed E-state index contributed by atoms with van der Waals surface area (Å²) < 4.78 is 21.4. The highest BCUT2D eigenvalue weighted by Gasteiger charge is 2.32. The molecule has 0 saturated carbocycles. The molecule has 0 amide bonds.